The highest BCUT2D eigenvalue weighted by Crippen LogP contribution is 2.36. The molecule has 1 heterocycles. The molecule has 0 fully saturated rings. The second-order valence-corrected chi connectivity index (χ2v) is 7.50. The van der Waals surface area contributed by atoms with Crippen LogP contribution in [0.2, 0.25) is 5.02 Å². The summed E-state index contributed by atoms with van der Waals surface area (Å²) in [4.78, 5) is 15.7. The normalized spacial score (nSPS) is 10.5. The van der Waals surface area contributed by atoms with Gasteiger partial charge in [0.05, 0.1) is 5.69 Å². The smallest absolute Gasteiger partial charge is 0.216 e. The predicted molar refractivity (Wildman–Crippen MR) is 117 cm³/mol. The van der Waals surface area contributed by atoms with Crippen LogP contribution in [0.15, 0.2) is 59.1 Å². The van der Waals surface area contributed by atoms with E-state index >= 15 is 0 Å². The number of aromatic hydroxyl groups is 1. The first-order valence-electron chi connectivity index (χ1n) is 8.68. The maximum Gasteiger partial charge on any atom is 0.216 e. The van der Waals surface area contributed by atoms with Crippen LogP contribution in [0.5, 0.6) is 5.75 Å². The lowest BCUT2D eigenvalue weighted by Gasteiger charge is -2.13. The lowest BCUT2D eigenvalue weighted by Crippen LogP contribution is -2.26. The lowest BCUT2D eigenvalue weighted by atomic mass is 10.0. The highest BCUT2D eigenvalue weighted by molar-refractivity contribution is 9.10. The van der Waals surface area contributed by atoms with E-state index in [1.54, 1.807) is 12.1 Å². The van der Waals surface area contributed by atoms with Gasteiger partial charge in [-0.3, -0.25) is 4.79 Å². The molecule has 144 valence electrons. The molecule has 0 saturated heterocycles. The fraction of sp³-hybridized carbons (Fsp3) is 0.143. The third-order valence-corrected chi connectivity index (χ3v) is 4.87. The Bertz CT molecular complexity index is 1010. The molecule has 0 aliphatic rings. The van der Waals surface area contributed by atoms with Gasteiger partial charge in [0.15, 0.2) is 0 Å². The number of phenols is 1. The van der Waals surface area contributed by atoms with Crippen molar-refractivity contribution in [2.45, 2.75) is 6.92 Å². The number of nitrogens with one attached hydrogen (secondary N) is 2. The van der Waals surface area contributed by atoms with Crippen molar-refractivity contribution >= 4 is 39.3 Å². The summed E-state index contributed by atoms with van der Waals surface area (Å²) in [6.45, 7) is 2.47. The van der Waals surface area contributed by atoms with Crippen molar-refractivity contribution in [1.29, 1.82) is 0 Å². The molecular weight excluding hydrogens is 442 g/mol. The summed E-state index contributed by atoms with van der Waals surface area (Å²) < 4.78 is 0.838. The number of pyridine rings is 1. The summed E-state index contributed by atoms with van der Waals surface area (Å²) in [6.07, 6.45) is 0. The number of benzene rings is 2. The van der Waals surface area contributed by atoms with Crippen LogP contribution < -0.4 is 10.6 Å². The highest BCUT2D eigenvalue weighted by atomic mass is 79.9. The zero-order chi connectivity index (χ0) is 20.1. The van der Waals surface area contributed by atoms with E-state index in [0.717, 1.165) is 15.6 Å². The van der Waals surface area contributed by atoms with Crippen molar-refractivity contribution in [3.63, 3.8) is 0 Å². The minimum absolute atomic E-state index is 0.0840. The predicted octanol–water partition coefficient (Wildman–Crippen LogP) is 5.09. The molecule has 0 unspecified atom stereocenters. The average molecular weight is 461 g/mol. The largest absolute Gasteiger partial charge is 0.507 e. The Labute approximate surface area is 176 Å². The number of rotatable bonds is 6. The van der Waals surface area contributed by atoms with Crippen molar-refractivity contribution in [3.8, 4) is 28.1 Å². The van der Waals surface area contributed by atoms with Crippen LogP contribution in [0.25, 0.3) is 22.4 Å². The second-order valence-electron chi connectivity index (χ2n) is 6.18. The molecule has 0 bridgehead atoms. The number of phenolic OH excluding ortho intramolecular Hbond substituents is 1. The number of nitrogens with zero attached hydrogens (tertiary/aromatic N) is 1. The molecule has 3 aromatic rings. The van der Waals surface area contributed by atoms with Crippen molar-refractivity contribution in [2.75, 3.05) is 18.4 Å². The van der Waals surface area contributed by atoms with Gasteiger partial charge in [0.25, 0.3) is 0 Å². The van der Waals surface area contributed by atoms with Crippen LogP contribution >= 0.6 is 27.5 Å². The fourth-order valence-electron chi connectivity index (χ4n) is 2.75. The number of hydrogen-bond donors (Lipinski definition) is 3. The molecule has 1 aromatic heterocycles. The van der Waals surface area contributed by atoms with Crippen LogP contribution in [0.3, 0.4) is 0 Å². The molecule has 7 heteroatoms. The van der Waals surface area contributed by atoms with E-state index in [4.69, 9.17) is 11.6 Å². The molecule has 3 N–H and O–H groups in total. The first kappa shape index (κ1) is 20.2. The van der Waals surface area contributed by atoms with Crippen molar-refractivity contribution in [1.82, 2.24) is 10.3 Å². The molecule has 0 radical (unpaired) electrons. The molecule has 2 aromatic carbocycles. The van der Waals surface area contributed by atoms with Gasteiger partial charge in [-0.15, -0.1) is 0 Å². The molecule has 28 heavy (non-hydrogen) atoms. The van der Waals surface area contributed by atoms with Crippen LogP contribution in [-0.2, 0) is 4.79 Å². The van der Waals surface area contributed by atoms with Gasteiger partial charge < -0.3 is 15.7 Å². The van der Waals surface area contributed by atoms with Gasteiger partial charge in [0.1, 0.15) is 11.6 Å². The third kappa shape index (κ3) is 5.03. The molecule has 0 atom stereocenters. The third-order valence-electron chi connectivity index (χ3n) is 4.05. The summed E-state index contributed by atoms with van der Waals surface area (Å²) in [6, 6.07) is 16.5. The zero-order valence-electron chi connectivity index (χ0n) is 15.2. The van der Waals surface area contributed by atoms with E-state index in [2.05, 4.69) is 31.5 Å². The minimum atomic E-state index is -0.0840. The highest BCUT2D eigenvalue weighted by Gasteiger charge is 2.12. The molecule has 0 spiro atoms. The molecule has 3 rings (SSSR count). The number of halogens is 2. The fourth-order valence-corrected chi connectivity index (χ4v) is 3.36. The van der Waals surface area contributed by atoms with Gasteiger partial charge in [0.2, 0.25) is 5.91 Å². The summed E-state index contributed by atoms with van der Waals surface area (Å²) in [5.74, 6) is 0.674. The van der Waals surface area contributed by atoms with Gasteiger partial charge in [-0.2, -0.15) is 0 Å². The molecular formula is C21H19BrClN3O2. The van der Waals surface area contributed by atoms with Gasteiger partial charge in [-0.25, -0.2) is 4.98 Å². The van der Waals surface area contributed by atoms with E-state index in [-0.39, 0.29) is 11.7 Å². The van der Waals surface area contributed by atoms with Crippen molar-refractivity contribution in [3.05, 3.63) is 64.1 Å². The van der Waals surface area contributed by atoms with Crippen LogP contribution in [0.1, 0.15) is 6.92 Å². The Kier molecular flexibility index (Phi) is 6.54. The number of anilines is 1. The van der Waals surface area contributed by atoms with Gasteiger partial charge in [0, 0.05) is 40.6 Å². The summed E-state index contributed by atoms with van der Waals surface area (Å²) in [7, 11) is 0. The quantitative estimate of drug-likeness (QED) is 0.448. The Morgan fingerprint density at radius 3 is 2.64 bits per heavy atom. The molecule has 1 amide bonds. The van der Waals surface area contributed by atoms with Crippen molar-refractivity contribution < 1.29 is 9.90 Å². The Morgan fingerprint density at radius 1 is 1.11 bits per heavy atom. The standard InChI is InChI=1S/C21H19BrClN3O2/c1-13(27)24-8-9-25-21-11-14(16-4-2-3-5-18(16)23)10-19(26-21)17-12-15(22)6-7-20(17)28/h2-7,10-12,28H,8-9H2,1H3,(H,24,27)(H,25,26). The molecule has 0 aliphatic heterocycles. The summed E-state index contributed by atoms with van der Waals surface area (Å²) >= 11 is 9.82. The van der Waals surface area contributed by atoms with Crippen molar-refractivity contribution in [2.24, 2.45) is 0 Å². The van der Waals surface area contributed by atoms with Crippen LogP contribution in [0, 0.1) is 0 Å². The van der Waals surface area contributed by atoms with E-state index in [9.17, 15) is 9.90 Å². The second kappa shape index (κ2) is 9.08. The number of carbonyl (C=O) groups excluding carboxylic acids is 1. The number of aromatic nitrogens is 1. The van der Waals surface area contributed by atoms with E-state index in [1.807, 2.05) is 42.5 Å². The first-order chi connectivity index (χ1) is 13.4. The van der Waals surface area contributed by atoms with E-state index in [0.29, 0.717) is 35.2 Å². The Morgan fingerprint density at radius 2 is 1.89 bits per heavy atom. The Hall–Kier alpha value is -2.57. The van der Waals surface area contributed by atoms with E-state index < -0.39 is 0 Å². The van der Waals surface area contributed by atoms with Gasteiger partial charge in [-0.1, -0.05) is 45.7 Å². The molecule has 0 saturated carbocycles. The topological polar surface area (TPSA) is 74.2 Å². The number of hydrogen-bond acceptors (Lipinski definition) is 4. The van der Waals surface area contributed by atoms with E-state index in [1.165, 1.54) is 6.92 Å². The monoisotopic (exact) mass is 459 g/mol. The molecule has 5 nitrogen and oxygen atoms in total. The molecule has 0 aliphatic carbocycles. The van der Waals surface area contributed by atoms with Crippen LogP contribution in [-0.4, -0.2) is 29.1 Å². The Balaban J connectivity index is 2.02. The summed E-state index contributed by atoms with van der Waals surface area (Å²) in [5.41, 5.74) is 2.95. The maximum atomic E-state index is 11.0. The van der Waals surface area contributed by atoms with Crippen LogP contribution in [0.4, 0.5) is 5.82 Å². The first-order valence-corrected chi connectivity index (χ1v) is 9.85. The number of carbonyl (C=O) groups is 1. The van der Waals surface area contributed by atoms with Gasteiger partial charge in [-0.05, 0) is 42.0 Å². The maximum absolute atomic E-state index is 11.0. The zero-order valence-corrected chi connectivity index (χ0v) is 17.5. The summed E-state index contributed by atoms with van der Waals surface area (Å²) in [5, 5.41) is 16.9. The minimum Gasteiger partial charge on any atom is -0.507 e. The lowest BCUT2D eigenvalue weighted by molar-refractivity contribution is -0.118. The number of amides is 1. The SMILES string of the molecule is CC(=O)NCCNc1cc(-c2ccccc2Cl)cc(-c2cc(Br)ccc2O)n1. The van der Waals surface area contributed by atoms with Gasteiger partial charge >= 0.3 is 0 Å². The average Bonchev–Trinajstić information content (AvgIpc) is 2.67.